The van der Waals surface area contributed by atoms with Gasteiger partial charge in [0.05, 0.1) is 28.6 Å². The van der Waals surface area contributed by atoms with E-state index in [4.69, 9.17) is 4.18 Å². The van der Waals surface area contributed by atoms with Gasteiger partial charge in [-0.15, -0.1) is 0 Å². The molecule has 1 amide bonds. The van der Waals surface area contributed by atoms with Crippen molar-refractivity contribution in [2.24, 2.45) is 0 Å². The zero-order valence-corrected chi connectivity index (χ0v) is 19.9. The number of aryl methyl sites for hydroxylation is 1. The summed E-state index contributed by atoms with van der Waals surface area (Å²) in [5, 5.41) is 11.2. The molecule has 0 aromatic heterocycles. The number of carbonyl (C=O) groups is 1. The number of aliphatic hydroxyl groups excluding tert-OH is 1. The molecule has 0 fully saturated rings. The molecule has 3 aromatic rings. The quantitative estimate of drug-likeness (QED) is 0.508. The summed E-state index contributed by atoms with van der Waals surface area (Å²) in [7, 11) is -4.14. The van der Waals surface area contributed by atoms with Gasteiger partial charge >= 0.3 is 0 Å². The zero-order chi connectivity index (χ0) is 24.7. The Balaban J connectivity index is 1.70. The Morgan fingerprint density at radius 1 is 1.00 bits per heavy atom. The summed E-state index contributed by atoms with van der Waals surface area (Å²) in [5.41, 5.74) is 0.866. The van der Waals surface area contributed by atoms with Crippen LogP contribution < -0.4 is 4.90 Å². The molecule has 0 spiro atoms. The smallest absolute Gasteiger partial charge is 0.297 e. The minimum absolute atomic E-state index is 0.0349. The topological polar surface area (TPSA) is 83.9 Å². The second kappa shape index (κ2) is 8.94. The highest BCUT2D eigenvalue weighted by Crippen LogP contribution is 2.47. The first-order chi connectivity index (χ1) is 16.0. The number of nitrogens with zero attached hydrogens (tertiary/aromatic N) is 1. The van der Waals surface area contributed by atoms with Crippen LogP contribution in [-0.4, -0.2) is 32.1 Å². The van der Waals surface area contributed by atoms with E-state index in [-0.39, 0.29) is 10.5 Å². The molecule has 1 heterocycles. The SMILES string of the molecule is Cc1ccc(S(=O)(=O)OCC(O)C(c2ccccc2)N2C(=O)C(C)(C)c3c(F)cccc32)cc1. The van der Waals surface area contributed by atoms with E-state index in [1.54, 1.807) is 62.4 Å². The van der Waals surface area contributed by atoms with Gasteiger partial charge in [-0.3, -0.25) is 8.98 Å². The predicted octanol–water partition coefficient (Wildman–Crippen LogP) is 4.27. The van der Waals surface area contributed by atoms with Crippen molar-refractivity contribution < 1.29 is 26.9 Å². The Bertz CT molecular complexity index is 1310. The summed E-state index contributed by atoms with van der Waals surface area (Å²) in [5.74, 6) is -0.917. The van der Waals surface area contributed by atoms with Crippen LogP contribution in [0.1, 0.15) is 36.6 Å². The number of hydrogen-bond acceptors (Lipinski definition) is 5. The molecule has 34 heavy (non-hydrogen) atoms. The molecule has 1 N–H and O–H groups in total. The highest BCUT2D eigenvalue weighted by molar-refractivity contribution is 7.86. The number of carbonyl (C=O) groups excluding carboxylic acids is 1. The van der Waals surface area contributed by atoms with Gasteiger partial charge in [0.25, 0.3) is 10.1 Å². The van der Waals surface area contributed by atoms with E-state index in [9.17, 15) is 22.7 Å². The van der Waals surface area contributed by atoms with Crippen molar-refractivity contribution in [3.8, 4) is 0 Å². The summed E-state index contributed by atoms with van der Waals surface area (Å²) >= 11 is 0. The van der Waals surface area contributed by atoms with Gasteiger partial charge in [0, 0.05) is 5.56 Å². The first-order valence-electron chi connectivity index (χ1n) is 10.9. The average molecular weight is 484 g/mol. The fourth-order valence-electron chi connectivity index (χ4n) is 4.34. The first kappa shape index (κ1) is 24.1. The number of fused-ring (bicyclic) bond motifs is 1. The van der Waals surface area contributed by atoms with Crippen LogP contribution in [0.4, 0.5) is 10.1 Å². The zero-order valence-electron chi connectivity index (χ0n) is 19.1. The van der Waals surface area contributed by atoms with Gasteiger partial charge in [0.15, 0.2) is 0 Å². The summed E-state index contributed by atoms with van der Waals surface area (Å²) in [6.45, 7) is 4.50. The molecule has 0 saturated carbocycles. The fraction of sp³-hybridized carbons (Fsp3) is 0.269. The van der Waals surface area contributed by atoms with Crippen molar-refractivity contribution in [2.75, 3.05) is 11.5 Å². The van der Waals surface area contributed by atoms with Crippen LogP contribution in [0.2, 0.25) is 0 Å². The number of aliphatic hydroxyl groups is 1. The van der Waals surface area contributed by atoms with Gasteiger partial charge in [-0.25, -0.2) is 4.39 Å². The van der Waals surface area contributed by atoms with Crippen molar-refractivity contribution in [2.45, 2.75) is 43.2 Å². The van der Waals surface area contributed by atoms with Crippen LogP contribution >= 0.6 is 0 Å². The summed E-state index contributed by atoms with van der Waals surface area (Å²) in [4.78, 5) is 14.8. The van der Waals surface area contributed by atoms with Gasteiger partial charge in [0.1, 0.15) is 11.9 Å². The van der Waals surface area contributed by atoms with Crippen molar-refractivity contribution >= 4 is 21.7 Å². The Kier molecular flexibility index (Phi) is 6.33. The highest BCUT2D eigenvalue weighted by atomic mass is 32.2. The van der Waals surface area contributed by atoms with Gasteiger partial charge in [-0.2, -0.15) is 8.42 Å². The minimum atomic E-state index is -4.14. The second-order valence-electron chi connectivity index (χ2n) is 8.91. The van der Waals surface area contributed by atoms with Crippen LogP contribution in [0.5, 0.6) is 0 Å². The molecule has 0 radical (unpaired) electrons. The number of benzene rings is 3. The monoisotopic (exact) mass is 483 g/mol. The third kappa shape index (κ3) is 4.24. The van der Waals surface area contributed by atoms with Gasteiger partial charge in [-0.05, 0) is 50.6 Å². The second-order valence-corrected chi connectivity index (χ2v) is 10.5. The fourth-order valence-corrected chi connectivity index (χ4v) is 5.27. The maximum absolute atomic E-state index is 14.8. The molecule has 6 nitrogen and oxygen atoms in total. The van der Waals surface area contributed by atoms with Gasteiger partial charge in [-0.1, -0.05) is 54.1 Å². The Hall–Kier alpha value is -3.07. The van der Waals surface area contributed by atoms with Crippen molar-refractivity contribution in [1.29, 1.82) is 0 Å². The van der Waals surface area contributed by atoms with Crippen LogP contribution in [-0.2, 0) is 24.5 Å². The Morgan fingerprint density at radius 3 is 2.29 bits per heavy atom. The maximum Gasteiger partial charge on any atom is 0.297 e. The van der Waals surface area contributed by atoms with E-state index in [1.807, 2.05) is 6.92 Å². The molecule has 1 aliphatic rings. The van der Waals surface area contributed by atoms with Crippen LogP contribution in [0.3, 0.4) is 0 Å². The minimum Gasteiger partial charge on any atom is -0.388 e. The van der Waals surface area contributed by atoms with E-state index < -0.39 is 46.0 Å². The molecule has 2 unspecified atom stereocenters. The first-order valence-corrected chi connectivity index (χ1v) is 12.3. The van der Waals surface area contributed by atoms with Crippen molar-refractivity contribution in [3.63, 3.8) is 0 Å². The van der Waals surface area contributed by atoms with Crippen LogP contribution in [0.15, 0.2) is 77.7 Å². The van der Waals surface area contributed by atoms with E-state index in [0.717, 1.165) is 5.56 Å². The van der Waals surface area contributed by atoms with Gasteiger partial charge in [0.2, 0.25) is 5.91 Å². The summed E-state index contributed by atoms with van der Waals surface area (Å²) in [6, 6.07) is 18.3. The lowest BCUT2D eigenvalue weighted by Crippen LogP contribution is -2.44. The largest absolute Gasteiger partial charge is 0.388 e. The standard InChI is InChI=1S/C26H26FNO5S/c1-17-12-14-19(15-13-17)34(31,32)33-16-22(29)24(18-8-5-4-6-9-18)28-21-11-7-10-20(27)23(21)26(2,3)25(28)30/h4-15,22,24,29H,16H2,1-3H3. The number of amides is 1. The molecule has 3 aromatic carbocycles. The lowest BCUT2D eigenvalue weighted by Gasteiger charge is -2.33. The van der Waals surface area contributed by atoms with Crippen LogP contribution in [0.25, 0.3) is 0 Å². The molecule has 4 rings (SSSR count). The van der Waals surface area contributed by atoms with Crippen LogP contribution in [0, 0.1) is 12.7 Å². The molecular weight excluding hydrogens is 457 g/mol. The van der Waals surface area contributed by atoms with Crippen molar-refractivity contribution in [3.05, 3.63) is 95.3 Å². The molecule has 8 heteroatoms. The van der Waals surface area contributed by atoms with E-state index >= 15 is 0 Å². The Labute approximate surface area is 198 Å². The lowest BCUT2D eigenvalue weighted by atomic mass is 9.86. The molecular formula is C26H26FNO5S. The maximum atomic E-state index is 14.8. The third-order valence-corrected chi connectivity index (χ3v) is 7.41. The molecule has 2 atom stereocenters. The molecule has 1 aliphatic heterocycles. The molecule has 0 bridgehead atoms. The number of rotatable bonds is 7. The Morgan fingerprint density at radius 2 is 1.65 bits per heavy atom. The van der Waals surface area contributed by atoms with E-state index in [0.29, 0.717) is 11.3 Å². The predicted molar refractivity (Wildman–Crippen MR) is 126 cm³/mol. The third-order valence-electron chi connectivity index (χ3n) is 6.12. The molecule has 0 saturated heterocycles. The number of halogens is 1. The normalized spacial score (nSPS) is 16.9. The van der Waals surface area contributed by atoms with Gasteiger partial charge < -0.3 is 10.0 Å². The average Bonchev–Trinajstić information content (AvgIpc) is 3.00. The summed E-state index contributed by atoms with van der Waals surface area (Å²) < 4.78 is 45.3. The van der Waals surface area contributed by atoms with E-state index in [2.05, 4.69) is 0 Å². The molecule has 0 aliphatic carbocycles. The van der Waals surface area contributed by atoms with Crippen molar-refractivity contribution in [1.82, 2.24) is 0 Å². The number of anilines is 1. The lowest BCUT2D eigenvalue weighted by molar-refractivity contribution is -0.123. The summed E-state index contributed by atoms with van der Waals surface area (Å²) in [6.07, 6.45) is -1.42. The molecule has 178 valence electrons. The number of hydrogen-bond donors (Lipinski definition) is 1. The van der Waals surface area contributed by atoms with E-state index in [1.165, 1.54) is 29.2 Å². The highest BCUT2D eigenvalue weighted by Gasteiger charge is 2.50.